The van der Waals surface area contributed by atoms with Crippen molar-refractivity contribution < 1.29 is 19.1 Å². The van der Waals surface area contributed by atoms with E-state index in [1.165, 1.54) is 30.6 Å². The van der Waals surface area contributed by atoms with Crippen LogP contribution in [0.1, 0.15) is 35.9 Å². The average Bonchev–Trinajstić information content (AvgIpc) is 3.12. The number of hydrogen-bond acceptors (Lipinski definition) is 6. The predicted molar refractivity (Wildman–Crippen MR) is 122 cm³/mol. The number of hydrazone groups is 1. The minimum atomic E-state index is -0.506. The average molecular weight is 462 g/mol. The van der Waals surface area contributed by atoms with E-state index in [-0.39, 0.29) is 11.8 Å². The number of aryl methyl sites for hydroxylation is 2. The van der Waals surface area contributed by atoms with Crippen LogP contribution < -0.4 is 14.8 Å². The number of nitrogens with zero attached hydrogens (tertiary/aromatic N) is 2. The van der Waals surface area contributed by atoms with E-state index in [9.17, 15) is 9.59 Å². The molecule has 0 fully saturated rings. The molecule has 0 saturated heterocycles. The molecule has 0 radical (unpaired) electrons. The Morgan fingerprint density at radius 3 is 2.48 bits per heavy atom. The van der Waals surface area contributed by atoms with E-state index in [1.54, 1.807) is 18.2 Å². The number of thioether (sulfide) groups is 1. The first-order valence-corrected chi connectivity index (χ1v) is 11.0. The molecule has 1 unspecified atom stereocenters. The number of ether oxygens (including phenoxy) is 2. The molecule has 1 heterocycles. The quantitative estimate of drug-likeness (QED) is 0.644. The highest BCUT2D eigenvalue weighted by Crippen LogP contribution is 2.43. The number of benzene rings is 2. The molecule has 0 saturated carbocycles. The smallest absolute Gasteiger partial charge is 0.241 e. The number of nitrogens with one attached hydrogen (secondary N) is 1. The van der Waals surface area contributed by atoms with E-state index in [0.29, 0.717) is 34.7 Å². The molecule has 1 aliphatic heterocycles. The first kappa shape index (κ1) is 23.0. The first-order valence-electron chi connectivity index (χ1n) is 9.69. The first-order chi connectivity index (χ1) is 14.7. The molecule has 9 heteroatoms. The molecule has 7 nitrogen and oxygen atoms in total. The molecular weight excluding hydrogens is 438 g/mol. The summed E-state index contributed by atoms with van der Waals surface area (Å²) < 4.78 is 11.8. The van der Waals surface area contributed by atoms with Crippen LogP contribution in [-0.4, -0.2) is 35.2 Å². The Morgan fingerprint density at radius 1 is 1.10 bits per heavy atom. The molecule has 164 valence electrons. The molecule has 0 aromatic heterocycles. The Labute approximate surface area is 190 Å². The lowest BCUT2D eigenvalue weighted by Gasteiger charge is -2.22. The van der Waals surface area contributed by atoms with Crippen LogP contribution in [0.4, 0.5) is 0 Å². The van der Waals surface area contributed by atoms with Crippen molar-refractivity contribution in [3.05, 3.63) is 58.1 Å². The van der Waals surface area contributed by atoms with Crippen molar-refractivity contribution in [2.75, 3.05) is 13.2 Å². The largest absolute Gasteiger partial charge is 0.490 e. The minimum absolute atomic E-state index is 0.262. The van der Waals surface area contributed by atoms with Crippen molar-refractivity contribution in [1.29, 1.82) is 0 Å². The lowest BCUT2D eigenvalue weighted by Crippen LogP contribution is -2.25. The van der Waals surface area contributed by atoms with Gasteiger partial charge in [-0.25, -0.2) is 5.01 Å². The molecule has 2 aromatic rings. The van der Waals surface area contributed by atoms with Crippen LogP contribution in [0.25, 0.3) is 0 Å². The van der Waals surface area contributed by atoms with Crippen molar-refractivity contribution in [2.24, 2.45) is 5.10 Å². The summed E-state index contributed by atoms with van der Waals surface area (Å²) in [6.07, 6.45) is 0. The lowest BCUT2D eigenvalue weighted by atomic mass is 10.1. The van der Waals surface area contributed by atoms with Gasteiger partial charge in [0.05, 0.1) is 0 Å². The number of carbonyl (C=O) groups is 2. The van der Waals surface area contributed by atoms with Gasteiger partial charge in [-0.15, -0.1) is 5.10 Å². The Bertz CT molecular complexity index is 1030. The van der Waals surface area contributed by atoms with Crippen LogP contribution in [0.3, 0.4) is 0 Å². The zero-order valence-electron chi connectivity index (χ0n) is 17.8. The maximum atomic E-state index is 12.1. The summed E-state index contributed by atoms with van der Waals surface area (Å²) in [5.41, 5.74) is 2.86. The van der Waals surface area contributed by atoms with Crippen LogP contribution in [-0.2, 0) is 9.59 Å². The van der Waals surface area contributed by atoms with E-state index in [1.807, 2.05) is 32.0 Å². The van der Waals surface area contributed by atoms with E-state index in [0.717, 1.165) is 16.9 Å². The van der Waals surface area contributed by atoms with Gasteiger partial charge in [0, 0.05) is 24.4 Å². The number of amidine groups is 1. The van der Waals surface area contributed by atoms with Crippen molar-refractivity contribution >= 4 is 40.3 Å². The van der Waals surface area contributed by atoms with Crippen molar-refractivity contribution in [2.45, 2.75) is 33.1 Å². The zero-order valence-corrected chi connectivity index (χ0v) is 19.3. The maximum absolute atomic E-state index is 12.1. The van der Waals surface area contributed by atoms with Crippen molar-refractivity contribution in [1.82, 2.24) is 10.3 Å². The van der Waals surface area contributed by atoms with Gasteiger partial charge in [-0.2, -0.15) is 0 Å². The highest BCUT2D eigenvalue weighted by atomic mass is 35.5. The van der Waals surface area contributed by atoms with Gasteiger partial charge >= 0.3 is 0 Å². The summed E-state index contributed by atoms with van der Waals surface area (Å²) in [6.45, 7) is 7.47. The molecule has 1 atom stereocenters. The second-order valence-electron chi connectivity index (χ2n) is 7.07. The van der Waals surface area contributed by atoms with Crippen LogP contribution in [0.15, 0.2) is 41.5 Å². The van der Waals surface area contributed by atoms with Gasteiger partial charge in [0.2, 0.25) is 11.8 Å². The van der Waals surface area contributed by atoms with E-state index in [4.69, 9.17) is 21.1 Å². The molecule has 1 N–H and O–H groups in total. The minimum Gasteiger partial charge on any atom is -0.490 e. The van der Waals surface area contributed by atoms with Gasteiger partial charge in [0.1, 0.15) is 30.1 Å². The van der Waals surface area contributed by atoms with Crippen molar-refractivity contribution in [3.63, 3.8) is 0 Å². The van der Waals surface area contributed by atoms with Gasteiger partial charge in [-0.05, 0) is 49.2 Å². The van der Waals surface area contributed by atoms with Crippen LogP contribution >= 0.6 is 23.4 Å². The Kier molecular flexibility index (Phi) is 7.46. The number of rotatable bonds is 6. The summed E-state index contributed by atoms with van der Waals surface area (Å²) in [5.74, 6) is 0.864. The molecule has 2 amide bonds. The fraction of sp³-hybridized carbons (Fsp3) is 0.318. The molecule has 0 spiro atoms. The summed E-state index contributed by atoms with van der Waals surface area (Å²) >= 11 is 7.46. The number of hydrogen-bond donors (Lipinski definition) is 1. The fourth-order valence-electron chi connectivity index (χ4n) is 2.98. The standard InChI is InChI=1S/C22H24ClN3O4S/c1-13-5-6-14(2)20(11-13)30-10-9-29-19-8-7-17(23)12-18(19)21-26(16(4)28)25-22(31-21)24-15(3)27/h5-8,11-12,21H,9-10H2,1-4H3,(H,24,25,27). The topological polar surface area (TPSA) is 80.2 Å². The lowest BCUT2D eigenvalue weighted by molar-refractivity contribution is -0.129. The summed E-state index contributed by atoms with van der Waals surface area (Å²) in [6, 6.07) is 11.3. The van der Waals surface area contributed by atoms with E-state index < -0.39 is 5.37 Å². The Morgan fingerprint density at radius 2 is 1.81 bits per heavy atom. The molecule has 0 aliphatic carbocycles. The Balaban J connectivity index is 1.72. The van der Waals surface area contributed by atoms with Gasteiger partial charge in [0.15, 0.2) is 5.17 Å². The maximum Gasteiger partial charge on any atom is 0.241 e. The van der Waals surface area contributed by atoms with Crippen LogP contribution in [0, 0.1) is 13.8 Å². The third kappa shape index (κ3) is 5.92. The van der Waals surface area contributed by atoms with Gasteiger partial charge in [-0.1, -0.05) is 35.5 Å². The molecule has 0 bridgehead atoms. The molecule has 3 rings (SSSR count). The third-order valence-corrected chi connectivity index (χ3v) is 5.75. The monoisotopic (exact) mass is 461 g/mol. The summed E-state index contributed by atoms with van der Waals surface area (Å²) in [5, 5.41) is 8.50. The highest BCUT2D eigenvalue weighted by molar-refractivity contribution is 8.14. The SMILES string of the molecule is CC(=O)NC1=NN(C(C)=O)C(c2cc(Cl)ccc2OCCOc2cc(C)ccc2C)S1. The second kappa shape index (κ2) is 10.1. The fourth-order valence-corrected chi connectivity index (χ4v) is 4.31. The van der Waals surface area contributed by atoms with Gasteiger partial charge in [-0.3, -0.25) is 9.59 Å². The van der Waals surface area contributed by atoms with Crippen LogP contribution in [0.2, 0.25) is 5.02 Å². The van der Waals surface area contributed by atoms with Gasteiger partial charge in [0.25, 0.3) is 0 Å². The predicted octanol–water partition coefficient (Wildman–Crippen LogP) is 4.42. The molecule has 2 aromatic carbocycles. The summed E-state index contributed by atoms with van der Waals surface area (Å²) in [7, 11) is 0. The highest BCUT2D eigenvalue weighted by Gasteiger charge is 2.34. The zero-order chi connectivity index (χ0) is 22.5. The second-order valence-corrected chi connectivity index (χ2v) is 8.57. The van der Waals surface area contributed by atoms with Crippen LogP contribution in [0.5, 0.6) is 11.5 Å². The number of halogens is 1. The molecule has 31 heavy (non-hydrogen) atoms. The third-order valence-electron chi connectivity index (χ3n) is 4.43. The molecule has 1 aliphatic rings. The van der Waals surface area contributed by atoms with Gasteiger partial charge < -0.3 is 14.8 Å². The van der Waals surface area contributed by atoms with E-state index >= 15 is 0 Å². The van der Waals surface area contributed by atoms with Crippen molar-refractivity contribution in [3.8, 4) is 11.5 Å². The number of carbonyl (C=O) groups excluding carboxylic acids is 2. The number of amides is 2. The summed E-state index contributed by atoms with van der Waals surface area (Å²) in [4.78, 5) is 23.5. The normalized spacial score (nSPS) is 15.5. The molecular formula is C22H24ClN3O4S. The Hall–Kier alpha value is -2.71. The van der Waals surface area contributed by atoms with E-state index in [2.05, 4.69) is 10.4 Å².